The van der Waals surface area contributed by atoms with Gasteiger partial charge in [-0.15, -0.1) is 0 Å². The van der Waals surface area contributed by atoms with Crippen molar-refractivity contribution in [1.29, 1.82) is 0 Å². The second kappa shape index (κ2) is 8.27. The van der Waals surface area contributed by atoms with E-state index in [1.54, 1.807) is 24.3 Å². The fourth-order valence-corrected chi connectivity index (χ4v) is 5.60. The maximum Gasteiger partial charge on any atom is 0.338 e. The Hall–Kier alpha value is -3.40. The molecule has 2 aromatic carbocycles. The second-order valence-electron chi connectivity index (χ2n) is 7.89. The van der Waals surface area contributed by atoms with Crippen LogP contribution in [0.1, 0.15) is 45.5 Å². The summed E-state index contributed by atoms with van der Waals surface area (Å²) in [7, 11) is -2.82. The van der Waals surface area contributed by atoms with Crippen LogP contribution in [0.5, 0.6) is 0 Å². The summed E-state index contributed by atoms with van der Waals surface area (Å²) in [6.07, 6.45) is 3.08. The molecule has 4 rings (SSSR count). The molecule has 2 heterocycles. The molecule has 0 unspecified atom stereocenters. The van der Waals surface area contributed by atoms with Gasteiger partial charge in [-0.3, -0.25) is 9.69 Å². The van der Waals surface area contributed by atoms with Crippen LogP contribution in [0.4, 0.5) is 10.5 Å². The molecule has 9 nitrogen and oxygen atoms in total. The zero-order valence-electron chi connectivity index (χ0n) is 17.5. The first-order chi connectivity index (χ1) is 15.2. The number of piperidine rings is 1. The maximum atomic E-state index is 13.1. The first-order valence-electron chi connectivity index (χ1n) is 10.3. The molecule has 3 amide bonds. The average Bonchev–Trinajstić information content (AvgIpc) is 2.80. The lowest BCUT2D eigenvalue weighted by atomic mass is 10.1. The van der Waals surface area contributed by atoms with Crippen molar-refractivity contribution in [1.82, 2.24) is 9.21 Å². The summed E-state index contributed by atoms with van der Waals surface area (Å²) in [5, 5.41) is 9.22. The smallest absolute Gasteiger partial charge is 0.338 e. The number of likely N-dealkylation sites (tertiary alicyclic amines) is 1. The van der Waals surface area contributed by atoms with E-state index < -0.39 is 22.0 Å². The van der Waals surface area contributed by atoms with Crippen LogP contribution in [0.25, 0.3) is 0 Å². The van der Waals surface area contributed by atoms with Crippen molar-refractivity contribution in [2.45, 2.75) is 30.7 Å². The molecule has 168 valence electrons. The van der Waals surface area contributed by atoms with Gasteiger partial charge < -0.3 is 10.0 Å². The van der Waals surface area contributed by atoms with Gasteiger partial charge in [0.25, 0.3) is 15.9 Å². The van der Waals surface area contributed by atoms with E-state index in [1.807, 2.05) is 4.90 Å². The van der Waals surface area contributed by atoms with E-state index in [0.29, 0.717) is 15.4 Å². The highest BCUT2D eigenvalue weighted by Crippen LogP contribution is 2.35. The number of anilines is 1. The van der Waals surface area contributed by atoms with E-state index in [-0.39, 0.29) is 28.6 Å². The first-order valence-corrected chi connectivity index (χ1v) is 11.7. The van der Waals surface area contributed by atoms with Gasteiger partial charge in [0.2, 0.25) is 0 Å². The molecule has 1 saturated heterocycles. The van der Waals surface area contributed by atoms with Crippen LogP contribution in [0.3, 0.4) is 0 Å². The fourth-order valence-electron chi connectivity index (χ4n) is 3.97. The Balaban J connectivity index is 1.60. The van der Waals surface area contributed by atoms with E-state index in [1.165, 1.54) is 24.1 Å². The highest BCUT2D eigenvalue weighted by Gasteiger charge is 2.40. The van der Waals surface area contributed by atoms with Gasteiger partial charge in [0.1, 0.15) is 4.90 Å². The standard InChI is InChI=1S/C22H23N3O6S/c1-23-18-10-9-17(21(27)28)13-19(18)32(30,31)25(22(23)29)14-15-5-7-16(8-6-15)20(26)24-11-3-2-4-12-24/h5-10,13H,2-4,11-12,14H2,1H3,(H,27,28). The zero-order valence-corrected chi connectivity index (χ0v) is 18.3. The van der Waals surface area contributed by atoms with E-state index in [9.17, 15) is 27.9 Å². The number of amides is 3. The summed E-state index contributed by atoms with van der Waals surface area (Å²) in [6, 6.07) is 9.41. The Morgan fingerprint density at radius 1 is 0.969 bits per heavy atom. The van der Waals surface area contributed by atoms with E-state index in [2.05, 4.69) is 0 Å². The molecule has 0 aliphatic carbocycles. The Morgan fingerprint density at radius 3 is 2.22 bits per heavy atom. The summed E-state index contributed by atoms with van der Waals surface area (Å²) >= 11 is 0. The second-order valence-corrected chi connectivity index (χ2v) is 9.72. The minimum atomic E-state index is -4.26. The number of rotatable bonds is 4. The van der Waals surface area contributed by atoms with Crippen molar-refractivity contribution in [3.8, 4) is 0 Å². The number of benzene rings is 2. The Kier molecular flexibility index (Phi) is 5.64. The number of hydrogen-bond acceptors (Lipinski definition) is 5. The van der Waals surface area contributed by atoms with Crippen LogP contribution in [0, 0.1) is 0 Å². The summed E-state index contributed by atoms with van der Waals surface area (Å²) in [6.45, 7) is 1.22. The molecule has 0 saturated carbocycles. The van der Waals surface area contributed by atoms with Crippen LogP contribution >= 0.6 is 0 Å². The van der Waals surface area contributed by atoms with Crippen molar-refractivity contribution in [2.24, 2.45) is 0 Å². The highest BCUT2D eigenvalue weighted by molar-refractivity contribution is 7.90. The van der Waals surface area contributed by atoms with Crippen LogP contribution in [0.15, 0.2) is 47.4 Å². The van der Waals surface area contributed by atoms with Gasteiger partial charge in [-0.2, -0.15) is 0 Å². The molecule has 1 fully saturated rings. The van der Waals surface area contributed by atoms with Gasteiger partial charge in [0.05, 0.1) is 17.8 Å². The predicted molar refractivity (Wildman–Crippen MR) is 116 cm³/mol. The number of carboxylic acid groups (broad SMARTS) is 1. The van der Waals surface area contributed by atoms with Gasteiger partial charge in [-0.25, -0.2) is 22.3 Å². The van der Waals surface area contributed by atoms with Crippen molar-refractivity contribution in [2.75, 3.05) is 25.0 Å². The molecular formula is C22H23N3O6S. The molecule has 0 spiro atoms. The van der Waals surface area contributed by atoms with Gasteiger partial charge in [0.15, 0.2) is 0 Å². The number of aromatic carboxylic acids is 1. The first kappa shape index (κ1) is 21.8. The quantitative estimate of drug-likeness (QED) is 0.755. The van der Waals surface area contributed by atoms with Crippen LogP contribution in [0.2, 0.25) is 0 Å². The zero-order chi connectivity index (χ0) is 23.0. The number of carbonyl (C=O) groups is 3. The highest BCUT2D eigenvalue weighted by atomic mass is 32.2. The molecule has 0 atom stereocenters. The number of fused-ring (bicyclic) bond motifs is 1. The molecule has 2 aliphatic heterocycles. The van der Waals surface area contributed by atoms with Gasteiger partial charge >= 0.3 is 12.0 Å². The molecule has 2 aromatic rings. The number of urea groups is 1. The lowest BCUT2D eigenvalue weighted by molar-refractivity contribution is 0.0694. The molecule has 0 radical (unpaired) electrons. The van der Waals surface area contributed by atoms with Crippen LogP contribution in [-0.4, -0.2) is 60.8 Å². The van der Waals surface area contributed by atoms with Crippen LogP contribution < -0.4 is 4.90 Å². The lowest BCUT2D eigenvalue weighted by Crippen LogP contribution is -2.48. The number of nitrogens with zero attached hydrogens (tertiary/aromatic N) is 3. The summed E-state index contributed by atoms with van der Waals surface area (Å²) in [4.78, 5) is 39.5. The molecule has 1 N–H and O–H groups in total. The Labute approximate surface area is 185 Å². The van der Waals surface area contributed by atoms with E-state index in [0.717, 1.165) is 38.4 Å². The van der Waals surface area contributed by atoms with Crippen molar-refractivity contribution < 1.29 is 27.9 Å². The van der Waals surface area contributed by atoms with Crippen molar-refractivity contribution >= 4 is 33.6 Å². The third-order valence-electron chi connectivity index (χ3n) is 5.81. The topological polar surface area (TPSA) is 115 Å². The number of sulfonamides is 1. The number of carbonyl (C=O) groups excluding carboxylic acids is 2. The molecular weight excluding hydrogens is 434 g/mol. The predicted octanol–water partition coefficient (Wildman–Crippen LogP) is 2.77. The van der Waals surface area contributed by atoms with Crippen molar-refractivity contribution in [3.63, 3.8) is 0 Å². The Bertz CT molecular complexity index is 1190. The molecule has 10 heteroatoms. The number of carboxylic acids is 1. The minimum absolute atomic E-state index is 0.0622. The van der Waals surface area contributed by atoms with Gasteiger partial charge in [-0.05, 0) is 55.2 Å². The third kappa shape index (κ3) is 3.81. The van der Waals surface area contributed by atoms with E-state index >= 15 is 0 Å². The SMILES string of the molecule is CN1C(=O)N(Cc2ccc(C(=O)N3CCCCC3)cc2)S(=O)(=O)c2cc(C(=O)O)ccc21. The monoisotopic (exact) mass is 457 g/mol. The molecule has 0 bridgehead atoms. The molecule has 0 aromatic heterocycles. The lowest BCUT2D eigenvalue weighted by Gasteiger charge is -2.34. The summed E-state index contributed by atoms with van der Waals surface area (Å²) in [5.41, 5.74) is 0.981. The summed E-state index contributed by atoms with van der Waals surface area (Å²) < 4.78 is 27.0. The van der Waals surface area contributed by atoms with Crippen molar-refractivity contribution in [3.05, 3.63) is 59.2 Å². The van der Waals surface area contributed by atoms with Gasteiger partial charge in [0, 0.05) is 25.7 Å². The van der Waals surface area contributed by atoms with E-state index in [4.69, 9.17) is 0 Å². The normalized spacial score (nSPS) is 17.8. The minimum Gasteiger partial charge on any atom is -0.478 e. The number of hydrogen-bond donors (Lipinski definition) is 1. The van der Waals surface area contributed by atoms with Crippen LogP contribution in [-0.2, 0) is 16.6 Å². The molecule has 2 aliphatic rings. The largest absolute Gasteiger partial charge is 0.478 e. The average molecular weight is 458 g/mol. The Morgan fingerprint density at radius 2 is 1.59 bits per heavy atom. The maximum absolute atomic E-state index is 13.1. The summed E-state index contributed by atoms with van der Waals surface area (Å²) in [5.74, 6) is -1.32. The molecule has 32 heavy (non-hydrogen) atoms. The third-order valence-corrected chi connectivity index (χ3v) is 7.56. The van der Waals surface area contributed by atoms with Gasteiger partial charge in [-0.1, -0.05) is 12.1 Å². The fraction of sp³-hybridized carbons (Fsp3) is 0.318.